The molecule has 2 aromatic carbocycles. The van der Waals surface area contributed by atoms with E-state index in [0.717, 1.165) is 33.9 Å². The van der Waals surface area contributed by atoms with Gasteiger partial charge in [-0.2, -0.15) is 18.3 Å². The molecule has 0 fully saturated rings. The van der Waals surface area contributed by atoms with Gasteiger partial charge in [0.15, 0.2) is 12.7 Å². The summed E-state index contributed by atoms with van der Waals surface area (Å²) >= 11 is 0.976. The maximum absolute atomic E-state index is 12.8. The number of aryl methyl sites for hydroxylation is 2. The van der Waals surface area contributed by atoms with E-state index in [2.05, 4.69) is 15.2 Å². The van der Waals surface area contributed by atoms with E-state index < -0.39 is 40.2 Å². The molecule has 4 rings (SSSR count). The fraction of sp³-hybridized carbons (Fsp3) is 0.261. The van der Waals surface area contributed by atoms with E-state index in [1.165, 1.54) is 16.9 Å². The van der Waals surface area contributed by atoms with Crippen LogP contribution in [-0.4, -0.2) is 51.7 Å². The Balaban J connectivity index is 1.38. The monoisotopic (exact) mass is 583 g/mol. The van der Waals surface area contributed by atoms with Crippen LogP contribution in [0.3, 0.4) is 0 Å². The third-order valence-electron chi connectivity index (χ3n) is 5.59. The first kappa shape index (κ1) is 28.1. The van der Waals surface area contributed by atoms with E-state index in [-0.39, 0.29) is 17.4 Å². The highest BCUT2D eigenvalue weighted by atomic mass is 32.2. The summed E-state index contributed by atoms with van der Waals surface area (Å²) in [6.07, 6.45) is -1.88. The number of aromatic amines is 1. The van der Waals surface area contributed by atoms with Crippen LogP contribution in [-0.2, 0) is 51.7 Å². The van der Waals surface area contributed by atoms with Crippen LogP contribution in [0.1, 0.15) is 22.4 Å². The van der Waals surface area contributed by atoms with Gasteiger partial charge in [-0.3, -0.25) is 9.59 Å². The van der Waals surface area contributed by atoms with Crippen LogP contribution < -0.4 is 10.2 Å². The first-order valence-electron chi connectivity index (χ1n) is 11.3. The second kappa shape index (κ2) is 11.1. The van der Waals surface area contributed by atoms with Gasteiger partial charge >= 0.3 is 12.1 Å². The van der Waals surface area contributed by atoms with Gasteiger partial charge in [-0.25, -0.2) is 18.5 Å². The maximum Gasteiger partial charge on any atom is 0.416 e. The quantitative estimate of drug-likeness (QED) is 0.288. The van der Waals surface area contributed by atoms with Crippen LogP contribution in [0.15, 0.2) is 53.0 Å². The fourth-order valence-corrected chi connectivity index (χ4v) is 5.43. The molecule has 0 spiro atoms. The number of nitrogens with zero attached hydrogens (tertiary/aromatic N) is 4. The second-order valence-corrected chi connectivity index (χ2v) is 11.4. The molecule has 0 bridgehead atoms. The van der Waals surface area contributed by atoms with Gasteiger partial charge < -0.3 is 10.0 Å². The summed E-state index contributed by atoms with van der Waals surface area (Å²) in [5, 5.41) is 21.5. The van der Waals surface area contributed by atoms with E-state index in [1.807, 2.05) is 12.1 Å². The average Bonchev–Trinajstić information content (AvgIpc) is 3.48. The minimum Gasteiger partial charge on any atom is -0.480 e. The van der Waals surface area contributed by atoms with Crippen LogP contribution in [0.25, 0.3) is 10.2 Å². The molecule has 0 atom stereocenters. The van der Waals surface area contributed by atoms with Crippen molar-refractivity contribution in [3.63, 3.8) is 0 Å². The number of carbonyl (C=O) groups excluding carboxylic acids is 1. The first-order valence-corrected chi connectivity index (χ1v) is 13.7. The Labute approximate surface area is 223 Å². The van der Waals surface area contributed by atoms with Crippen molar-refractivity contribution in [3.8, 4) is 0 Å². The van der Waals surface area contributed by atoms with Crippen LogP contribution in [0.5, 0.6) is 0 Å². The Bertz CT molecular complexity index is 1620. The second-order valence-electron chi connectivity index (χ2n) is 8.59. The molecule has 0 saturated heterocycles. The fourth-order valence-electron chi connectivity index (χ4n) is 3.71. The number of hydrogen-bond donors (Lipinski definition) is 2. The van der Waals surface area contributed by atoms with Crippen molar-refractivity contribution in [2.24, 2.45) is 5.14 Å². The lowest BCUT2D eigenvalue weighted by Crippen LogP contribution is -2.39. The van der Waals surface area contributed by atoms with E-state index in [0.29, 0.717) is 34.3 Å². The van der Waals surface area contributed by atoms with Crippen molar-refractivity contribution in [1.82, 2.24) is 19.8 Å². The standard InChI is InChI=1S/C23H21F3N6O5S2/c24-23(25,26)16-5-1-15(2-6-16)11-31(13-21(34)35)20(33)12-32-28-10-17(30-32)7-3-14-4-8-18-19(9-14)38-22(29-18)39(27,36)37/h1-2,4-6,8-10H,3,7,11-13H2,(H,34,35)(H2,27,36,37)/p+1. The molecule has 0 aliphatic heterocycles. The zero-order chi connectivity index (χ0) is 28.4. The molecule has 0 aliphatic rings. The number of halogens is 3. The number of aliphatic carboxylic acids is 1. The molecule has 0 radical (unpaired) electrons. The Morgan fingerprint density at radius 3 is 2.44 bits per heavy atom. The highest BCUT2D eigenvalue weighted by Crippen LogP contribution is 2.29. The summed E-state index contributed by atoms with van der Waals surface area (Å²) in [5.41, 5.74) is 1.54. The molecule has 1 amide bonds. The third-order valence-corrected chi connectivity index (χ3v) is 7.93. The SMILES string of the molecule is NS(=O)(=O)c1nc2ccc(CCc3c[nH+]n(CC(=O)N(CC(=O)O)Cc4ccc(C(F)(F)F)cc4)n3)cc2s1. The van der Waals surface area contributed by atoms with Crippen molar-refractivity contribution in [2.75, 3.05) is 6.54 Å². The maximum atomic E-state index is 12.8. The molecule has 11 nitrogen and oxygen atoms in total. The Hall–Kier alpha value is -3.89. The number of primary sulfonamides is 1. The van der Waals surface area contributed by atoms with Gasteiger partial charge in [0.05, 0.1) is 15.8 Å². The molecule has 4 aromatic rings. The number of benzene rings is 2. The number of aromatic nitrogens is 4. The summed E-state index contributed by atoms with van der Waals surface area (Å²) in [6, 6.07) is 9.47. The smallest absolute Gasteiger partial charge is 0.416 e. The van der Waals surface area contributed by atoms with E-state index in [4.69, 9.17) is 5.14 Å². The van der Waals surface area contributed by atoms with Crippen LogP contribution in [0.4, 0.5) is 13.2 Å². The minimum atomic E-state index is -4.51. The number of H-pyrrole nitrogens is 1. The summed E-state index contributed by atoms with van der Waals surface area (Å²) < 4.78 is 62.0. The third kappa shape index (κ3) is 7.36. The number of nitrogens with two attached hydrogens (primary N) is 1. The first-order chi connectivity index (χ1) is 18.3. The molecule has 206 valence electrons. The number of thiazole rings is 1. The Morgan fingerprint density at radius 2 is 1.79 bits per heavy atom. The van der Waals surface area contributed by atoms with Crippen molar-refractivity contribution in [2.45, 2.75) is 36.4 Å². The lowest BCUT2D eigenvalue weighted by molar-refractivity contribution is -0.495. The molecule has 0 aliphatic carbocycles. The molecule has 2 heterocycles. The minimum absolute atomic E-state index is 0.164. The molecule has 4 N–H and O–H groups in total. The topological polar surface area (TPSA) is 163 Å². The van der Waals surface area contributed by atoms with Crippen LogP contribution >= 0.6 is 11.3 Å². The van der Waals surface area contributed by atoms with E-state index in [1.54, 1.807) is 12.3 Å². The van der Waals surface area contributed by atoms with Gasteiger partial charge in [0.25, 0.3) is 15.9 Å². The normalized spacial score (nSPS) is 12.1. The lowest BCUT2D eigenvalue weighted by atomic mass is 10.1. The zero-order valence-electron chi connectivity index (χ0n) is 20.1. The largest absolute Gasteiger partial charge is 0.480 e. The Morgan fingerprint density at radius 1 is 1.10 bits per heavy atom. The van der Waals surface area contributed by atoms with Crippen LogP contribution in [0, 0.1) is 0 Å². The van der Waals surface area contributed by atoms with Gasteiger partial charge in [0.2, 0.25) is 10.0 Å². The highest BCUT2D eigenvalue weighted by molar-refractivity contribution is 7.91. The van der Waals surface area contributed by atoms with Gasteiger partial charge in [-0.1, -0.05) is 18.2 Å². The molecular formula is C23H22F3N6O5S2+. The molecule has 0 unspecified atom stereocenters. The van der Waals surface area contributed by atoms with Crippen molar-refractivity contribution in [3.05, 3.63) is 71.0 Å². The Kier molecular flexibility index (Phi) is 7.99. The number of nitrogens with one attached hydrogen (secondary N) is 1. The van der Waals surface area contributed by atoms with Gasteiger partial charge in [0.1, 0.15) is 6.54 Å². The number of sulfonamides is 1. The number of fused-ring (bicyclic) bond motifs is 1. The van der Waals surface area contributed by atoms with Crippen molar-refractivity contribution >= 4 is 43.5 Å². The molecule has 39 heavy (non-hydrogen) atoms. The number of rotatable bonds is 10. The van der Waals surface area contributed by atoms with E-state index in [9.17, 15) is 36.3 Å². The highest BCUT2D eigenvalue weighted by Gasteiger charge is 2.30. The number of carboxylic acid groups (broad SMARTS) is 1. The number of carboxylic acids is 1. The molecule has 2 aromatic heterocycles. The predicted octanol–water partition coefficient (Wildman–Crippen LogP) is 1.87. The summed E-state index contributed by atoms with van der Waals surface area (Å²) in [4.78, 5) is 30.4. The molecular weight excluding hydrogens is 561 g/mol. The number of amides is 1. The summed E-state index contributed by atoms with van der Waals surface area (Å²) in [5.74, 6) is -1.86. The lowest BCUT2D eigenvalue weighted by Gasteiger charge is -2.20. The van der Waals surface area contributed by atoms with Crippen molar-refractivity contribution in [1.29, 1.82) is 0 Å². The average molecular weight is 584 g/mol. The number of alkyl halides is 3. The summed E-state index contributed by atoms with van der Waals surface area (Å²) in [6.45, 7) is -1.14. The zero-order valence-corrected chi connectivity index (χ0v) is 21.7. The van der Waals surface area contributed by atoms with Crippen molar-refractivity contribution < 1.29 is 41.4 Å². The van der Waals surface area contributed by atoms with Gasteiger partial charge in [0, 0.05) is 18.1 Å². The number of carbonyl (C=O) groups is 2. The van der Waals surface area contributed by atoms with Gasteiger partial charge in [-0.15, -0.1) is 11.3 Å². The number of hydrogen-bond acceptors (Lipinski definition) is 7. The molecule has 16 heteroatoms. The predicted molar refractivity (Wildman–Crippen MR) is 132 cm³/mol. The summed E-state index contributed by atoms with van der Waals surface area (Å²) in [7, 11) is -3.89. The molecule has 0 saturated carbocycles. The van der Waals surface area contributed by atoms with E-state index >= 15 is 0 Å². The van der Waals surface area contributed by atoms with Gasteiger partial charge in [-0.05, 0) is 46.6 Å². The van der Waals surface area contributed by atoms with Crippen LogP contribution in [0.2, 0.25) is 0 Å².